The third-order valence-corrected chi connectivity index (χ3v) is 3.89. The highest BCUT2D eigenvalue weighted by Gasteiger charge is 2.39. The molecule has 4 nitrogen and oxygen atoms in total. The van der Waals surface area contributed by atoms with Gasteiger partial charge in [0.1, 0.15) is 0 Å². The third-order valence-electron chi connectivity index (χ3n) is 3.89. The maximum Gasteiger partial charge on any atom is 0.242 e. The minimum absolute atomic E-state index is 0.0618. The van der Waals surface area contributed by atoms with Crippen molar-refractivity contribution in [1.29, 1.82) is 0 Å². The number of rotatable bonds is 2. The second-order valence-electron chi connectivity index (χ2n) is 7.65. The molecule has 0 bridgehead atoms. The fourth-order valence-electron chi connectivity index (χ4n) is 2.81. The Bertz CT molecular complexity index is 325. The van der Waals surface area contributed by atoms with Crippen molar-refractivity contribution in [3.63, 3.8) is 0 Å². The van der Waals surface area contributed by atoms with E-state index in [1.807, 2.05) is 4.90 Å². The predicted octanol–water partition coefficient (Wildman–Crippen LogP) is 1.69. The van der Waals surface area contributed by atoms with Crippen molar-refractivity contribution < 1.29 is 4.79 Å². The summed E-state index contributed by atoms with van der Waals surface area (Å²) in [5.74, 6) is 0.586. The molecule has 0 aromatic carbocycles. The van der Waals surface area contributed by atoms with E-state index in [2.05, 4.69) is 39.5 Å². The fraction of sp³-hybridized carbons (Fsp3) is 0.933. The van der Waals surface area contributed by atoms with Gasteiger partial charge in [-0.1, -0.05) is 13.8 Å². The van der Waals surface area contributed by atoms with E-state index in [0.29, 0.717) is 12.0 Å². The van der Waals surface area contributed by atoms with Gasteiger partial charge >= 0.3 is 0 Å². The van der Waals surface area contributed by atoms with Gasteiger partial charge in [0.2, 0.25) is 5.91 Å². The summed E-state index contributed by atoms with van der Waals surface area (Å²) >= 11 is 0. The van der Waals surface area contributed by atoms with E-state index < -0.39 is 5.54 Å². The first kappa shape index (κ1) is 16.4. The summed E-state index contributed by atoms with van der Waals surface area (Å²) in [6.45, 7) is 17.2. The standard InChI is InChI=1S/C15H31N3O/c1-11(2)12-10-17(13(19)15(6,7)16)8-9-18(12)14(3,4)5/h11-12H,8-10,16H2,1-7H3. The molecule has 2 N–H and O–H groups in total. The molecule has 1 atom stereocenters. The van der Waals surface area contributed by atoms with Crippen LogP contribution in [0.5, 0.6) is 0 Å². The first-order valence-corrected chi connectivity index (χ1v) is 7.29. The Morgan fingerprint density at radius 1 is 1.16 bits per heavy atom. The van der Waals surface area contributed by atoms with Crippen molar-refractivity contribution in [3.8, 4) is 0 Å². The Morgan fingerprint density at radius 2 is 1.68 bits per heavy atom. The molecule has 1 aliphatic heterocycles. The highest BCUT2D eigenvalue weighted by Crippen LogP contribution is 2.26. The predicted molar refractivity (Wildman–Crippen MR) is 79.9 cm³/mol. The molecule has 0 aliphatic carbocycles. The van der Waals surface area contributed by atoms with Crippen molar-refractivity contribution in [2.45, 2.75) is 65.6 Å². The lowest BCUT2D eigenvalue weighted by atomic mass is 9.92. The van der Waals surface area contributed by atoms with E-state index in [4.69, 9.17) is 5.73 Å². The monoisotopic (exact) mass is 269 g/mol. The Hall–Kier alpha value is -0.610. The summed E-state index contributed by atoms with van der Waals surface area (Å²) in [6, 6.07) is 0.403. The summed E-state index contributed by atoms with van der Waals surface area (Å²) < 4.78 is 0. The van der Waals surface area contributed by atoms with Crippen LogP contribution < -0.4 is 5.73 Å². The quantitative estimate of drug-likeness (QED) is 0.830. The highest BCUT2D eigenvalue weighted by molar-refractivity contribution is 5.85. The SMILES string of the molecule is CC(C)C1CN(C(=O)C(C)(C)N)CCN1C(C)(C)C. The fourth-order valence-corrected chi connectivity index (χ4v) is 2.81. The molecule has 112 valence electrons. The van der Waals surface area contributed by atoms with Crippen LogP contribution in [0.15, 0.2) is 0 Å². The first-order valence-electron chi connectivity index (χ1n) is 7.29. The van der Waals surface area contributed by atoms with Crippen LogP contribution in [0.3, 0.4) is 0 Å². The van der Waals surface area contributed by atoms with Crippen molar-refractivity contribution in [3.05, 3.63) is 0 Å². The van der Waals surface area contributed by atoms with Crippen LogP contribution in [0.2, 0.25) is 0 Å². The summed E-state index contributed by atoms with van der Waals surface area (Å²) in [6.07, 6.45) is 0. The van der Waals surface area contributed by atoms with Crippen molar-refractivity contribution in [2.75, 3.05) is 19.6 Å². The molecular weight excluding hydrogens is 238 g/mol. The second-order valence-corrected chi connectivity index (χ2v) is 7.65. The zero-order valence-electron chi connectivity index (χ0n) is 13.7. The van der Waals surface area contributed by atoms with Crippen molar-refractivity contribution >= 4 is 5.91 Å². The smallest absolute Gasteiger partial charge is 0.242 e. The summed E-state index contributed by atoms with van der Waals surface area (Å²) in [5.41, 5.74) is 5.32. The number of nitrogens with two attached hydrogens (primary N) is 1. The summed E-state index contributed by atoms with van der Waals surface area (Å²) in [5, 5.41) is 0. The van der Waals surface area contributed by atoms with Gasteiger partial charge in [0, 0.05) is 31.2 Å². The Kier molecular flexibility index (Phi) is 4.68. The van der Waals surface area contributed by atoms with E-state index in [1.165, 1.54) is 0 Å². The van der Waals surface area contributed by atoms with Crippen LogP contribution in [0.1, 0.15) is 48.5 Å². The van der Waals surface area contributed by atoms with E-state index in [-0.39, 0.29) is 11.4 Å². The molecule has 1 saturated heterocycles. The maximum atomic E-state index is 12.3. The Balaban J connectivity index is 2.86. The summed E-state index contributed by atoms with van der Waals surface area (Å²) in [4.78, 5) is 16.8. The number of piperazine rings is 1. The molecule has 0 aromatic rings. The van der Waals surface area contributed by atoms with Gasteiger partial charge in [-0.05, 0) is 40.5 Å². The van der Waals surface area contributed by atoms with Crippen LogP contribution >= 0.6 is 0 Å². The molecule has 0 aromatic heterocycles. The van der Waals surface area contributed by atoms with Gasteiger partial charge in [0.25, 0.3) is 0 Å². The zero-order chi connectivity index (χ0) is 15.0. The topological polar surface area (TPSA) is 49.6 Å². The molecule has 0 radical (unpaired) electrons. The molecule has 0 saturated carbocycles. The normalized spacial score (nSPS) is 23.0. The maximum absolute atomic E-state index is 12.3. The highest BCUT2D eigenvalue weighted by atomic mass is 16.2. The molecule has 1 heterocycles. The molecule has 1 amide bonds. The Labute approximate surface area is 118 Å². The van der Waals surface area contributed by atoms with Gasteiger partial charge in [-0.2, -0.15) is 0 Å². The molecule has 19 heavy (non-hydrogen) atoms. The van der Waals surface area contributed by atoms with Crippen LogP contribution in [-0.4, -0.2) is 52.5 Å². The van der Waals surface area contributed by atoms with Crippen LogP contribution in [0.25, 0.3) is 0 Å². The summed E-state index contributed by atoms with van der Waals surface area (Å²) in [7, 11) is 0. The van der Waals surface area contributed by atoms with Crippen LogP contribution in [0, 0.1) is 5.92 Å². The number of carbonyl (C=O) groups excluding carboxylic acids is 1. The average molecular weight is 269 g/mol. The largest absolute Gasteiger partial charge is 0.338 e. The lowest BCUT2D eigenvalue weighted by molar-refractivity contribution is -0.141. The average Bonchev–Trinajstić information content (AvgIpc) is 2.24. The van der Waals surface area contributed by atoms with Gasteiger partial charge in [0.05, 0.1) is 5.54 Å². The van der Waals surface area contributed by atoms with Crippen LogP contribution in [-0.2, 0) is 4.79 Å². The third kappa shape index (κ3) is 3.93. The van der Waals surface area contributed by atoms with E-state index in [1.54, 1.807) is 13.8 Å². The van der Waals surface area contributed by atoms with Gasteiger partial charge in [0.15, 0.2) is 0 Å². The molecular formula is C15H31N3O. The molecule has 1 rings (SSSR count). The number of carbonyl (C=O) groups is 1. The van der Waals surface area contributed by atoms with Gasteiger partial charge in [-0.25, -0.2) is 0 Å². The number of nitrogens with zero attached hydrogens (tertiary/aromatic N) is 2. The van der Waals surface area contributed by atoms with Crippen LogP contribution in [0.4, 0.5) is 0 Å². The minimum Gasteiger partial charge on any atom is -0.338 e. The molecule has 1 aliphatic rings. The number of hydrogen-bond acceptors (Lipinski definition) is 3. The second kappa shape index (κ2) is 5.41. The van der Waals surface area contributed by atoms with Gasteiger partial charge < -0.3 is 10.6 Å². The van der Waals surface area contributed by atoms with Gasteiger partial charge in [-0.3, -0.25) is 9.69 Å². The lowest BCUT2D eigenvalue weighted by Gasteiger charge is -2.50. The number of amides is 1. The molecule has 4 heteroatoms. The van der Waals surface area contributed by atoms with Crippen molar-refractivity contribution in [1.82, 2.24) is 9.80 Å². The first-order chi connectivity index (χ1) is 8.44. The zero-order valence-corrected chi connectivity index (χ0v) is 13.7. The molecule has 0 spiro atoms. The van der Waals surface area contributed by atoms with Crippen molar-refractivity contribution in [2.24, 2.45) is 11.7 Å². The molecule has 1 unspecified atom stereocenters. The lowest BCUT2D eigenvalue weighted by Crippen LogP contribution is -2.64. The number of hydrogen-bond donors (Lipinski definition) is 1. The minimum atomic E-state index is -0.772. The van der Waals surface area contributed by atoms with E-state index >= 15 is 0 Å². The Morgan fingerprint density at radius 3 is 2.05 bits per heavy atom. The van der Waals surface area contributed by atoms with E-state index in [9.17, 15) is 4.79 Å². The molecule has 1 fully saturated rings. The van der Waals surface area contributed by atoms with Gasteiger partial charge in [-0.15, -0.1) is 0 Å². The van der Waals surface area contributed by atoms with E-state index in [0.717, 1.165) is 19.6 Å².